The molecule has 0 saturated carbocycles. The van der Waals surface area contributed by atoms with Gasteiger partial charge in [0.15, 0.2) is 0 Å². The summed E-state index contributed by atoms with van der Waals surface area (Å²) in [5.74, 6) is 0.639. The highest BCUT2D eigenvalue weighted by Gasteiger charge is 2.23. The van der Waals surface area contributed by atoms with Gasteiger partial charge in [-0.25, -0.2) is 9.97 Å². The number of ether oxygens (including phenoxy) is 1. The van der Waals surface area contributed by atoms with Gasteiger partial charge in [0.25, 0.3) is 5.91 Å². The molecule has 0 fully saturated rings. The summed E-state index contributed by atoms with van der Waals surface area (Å²) in [5.41, 5.74) is 6.47. The molecule has 0 radical (unpaired) electrons. The van der Waals surface area contributed by atoms with Crippen LogP contribution < -0.4 is 20.9 Å². The molecule has 1 aromatic heterocycles. The Bertz CT molecular complexity index is 1300. The molecular weight excluding hydrogens is 436 g/mol. The maximum Gasteiger partial charge on any atom is 0.355 e. The highest BCUT2D eigenvalue weighted by Crippen LogP contribution is 2.31. The lowest BCUT2D eigenvalue weighted by atomic mass is 10.1. The molecule has 0 bridgehead atoms. The molecule has 4 rings (SSSR count). The number of hydrogen-bond acceptors (Lipinski definition) is 8. The number of carbonyl (C=O) groups is 1. The third-order valence-corrected chi connectivity index (χ3v) is 4.71. The minimum atomic E-state index is -0.629. The van der Waals surface area contributed by atoms with Gasteiger partial charge in [0.1, 0.15) is 17.8 Å². The van der Waals surface area contributed by atoms with Crippen LogP contribution in [0.4, 0.5) is 23.0 Å². The quantitative estimate of drug-likeness (QED) is 0.250. The zero-order valence-electron chi connectivity index (χ0n) is 18.1. The van der Waals surface area contributed by atoms with Gasteiger partial charge in [-0.3, -0.25) is 25.8 Å². The van der Waals surface area contributed by atoms with Crippen LogP contribution in [0.1, 0.15) is 15.9 Å². The summed E-state index contributed by atoms with van der Waals surface area (Å²) in [4.78, 5) is 31.4. The first-order valence-electron chi connectivity index (χ1n) is 10.2. The van der Waals surface area contributed by atoms with E-state index in [1.807, 2.05) is 37.3 Å². The largest absolute Gasteiger partial charge is 0.457 e. The Hall–Kier alpha value is -4.99. The summed E-state index contributed by atoms with van der Waals surface area (Å²) in [6.45, 7) is 1.91. The van der Waals surface area contributed by atoms with Gasteiger partial charge in [-0.05, 0) is 55.5 Å². The van der Waals surface area contributed by atoms with E-state index in [0.717, 1.165) is 11.9 Å². The van der Waals surface area contributed by atoms with Crippen molar-refractivity contribution in [1.82, 2.24) is 15.4 Å². The van der Waals surface area contributed by atoms with Crippen LogP contribution in [-0.2, 0) is 0 Å². The average molecular weight is 456 g/mol. The molecule has 0 unspecified atom stereocenters. The lowest BCUT2D eigenvalue weighted by Gasteiger charge is -2.11. The third kappa shape index (κ3) is 5.43. The van der Waals surface area contributed by atoms with Crippen LogP contribution in [0.15, 0.2) is 85.2 Å². The van der Waals surface area contributed by atoms with E-state index in [1.165, 1.54) is 0 Å². The zero-order chi connectivity index (χ0) is 23.9. The van der Waals surface area contributed by atoms with Gasteiger partial charge in [0, 0.05) is 11.3 Å². The molecule has 10 heteroatoms. The molecule has 0 aliphatic rings. The van der Waals surface area contributed by atoms with Crippen molar-refractivity contribution in [3.8, 4) is 11.5 Å². The molecule has 34 heavy (non-hydrogen) atoms. The predicted molar refractivity (Wildman–Crippen MR) is 127 cm³/mol. The fourth-order valence-electron chi connectivity index (χ4n) is 3.00. The molecule has 10 nitrogen and oxygen atoms in total. The average Bonchev–Trinajstić information content (AvgIpc) is 2.85. The number of hydrazine groups is 1. The lowest BCUT2D eigenvalue weighted by Crippen LogP contribution is -2.30. The molecule has 0 aliphatic heterocycles. The van der Waals surface area contributed by atoms with Crippen LogP contribution in [-0.4, -0.2) is 20.8 Å². The molecule has 3 aromatic carbocycles. The van der Waals surface area contributed by atoms with E-state index in [0.29, 0.717) is 22.7 Å². The lowest BCUT2D eigenvalue weighted by molar-refractivity contribution is -0.383. The maximum atomic E-state index is 12.3. The Morgan fingerprint density at radius 3 is 2.21 bits per heavy atom. The fourth-order valence-corrected chi connectivity index (χ4v) is 3.00. The van der Waals surface area contributed by atoms with E-state index < -0.39 is 16.5 Å². The van der Waals surface area contributed by atoms with E-state index in [4.69, 9.17) is 4.74 Å². The van der Waals surface area contributed by atoms with Gasteiger partial charge in [0.05, 0.1) is 4.92 Å². The van der Waals surface area contributed by atoms with Crippen molar-refractivity contribution in [2.75, 3.05) is 10.7 Å². The predicted octanol–water partition coefficient (Wildman–Crippen LogP) is 4.99. The van der Waals surface area contributed by atoms with Crippen molar-refractivity contribution in [3.63, 3.8) is 0 Å². The zero-order valence-corrected chi connectivity index (χ0v) is 18.1. The Morgan fingerprint density at radius 1 is 0.882 bits per heavy atom. The van der Waals surface area contributed by atoms with Gasteiger partial charge in [0.2, 0.25) is 11.6 Å². The van der Waals surface area contributed by atoms with Gasteiger partial charge in [-0.2, -0.15) is 0 Å². The molecule has 0 atom stereocenters. The minimum absolute atomic E-state index is 0.0381. The van der Waals surface area contributed by atoms with Crippen LogP contribution in [0.25, 0.3) is 0 Å². The number of nitrogens with zero attached hydrogens (tertiary/aromatic N) is 3. The number of aromatic nitrogens is 2. The molecule has 0 aliphatic carbocycles. The van der Waals surface area contributed by atoms with Gasteiger partial charge in [-0.1, -0.05) is 35.9 Å². The normalized spacial score (nSPS) is 10.3. The van der Waals surface area contributed by atoms with Crippen molar-refractivity contribution in [3.05, 3.63) is 106 Å². The summed E-state index contributed by atoms with van der Waals surface area (Å²) < 4.78 is 5.75. The summed E-state index contributed by atoms with van der Waals surface area (Å²) in [5, 5.41) is 14.7. The SMILES string of the molecule is Cc1ccc(C(=O)NNc2ncnc(Nc3ccc(Oc4ccccc4)cc3)c2[N+](=O)[O-])cc1. The number of nitro groups is 1. The number of anilines is 3. The maximum absolute atomic E-state index is 12.3. The number of hydrogen-bond donors (Lipinski definition) is 3. The smallest absolute Gasteiger partial charge is 0.355 e. The number of amides is 1. The molecule has 170 valence electrons. The van der Waals surface area contributed by atoms with E-state index in [9.17, 15) is 14.9 Å². The number of benzene rings is 3. The van der Waals surface area contributed by atoms with E-state index >= 15 is 0 Å². The Kier molecular flexibility index (Phi) is 6.59. The van der Waals surface area contributed by atoms with Crippen LogP contribution in [0.5, 0.6) is 11.5 Å². The second kappa shape index (κ2) is 10.1. The van der Waals surface area contributed by atoms with Crippen LogP contribution in [0, 0.1) is 17.0 Å². The Morgan fingerprint density at radius 2 is 1.53 bits per heavy atom. The summed E-state index contributed by atoms with van der Waals surface area (Å²) in [6, 6.07) is 23.1. The number of aryl methyl sites for hydroxylation is 1. The molecule has 0 spiro atoms. The van der Waals surface area contributed by atoms with Crippen molar-refractivity contribution >= 4 is 28.9 Å². The number of carbonyl (C=O) groups excluding carboxylic acids is 1. The van der Waals surface area contributed by atoms with E-state index in [2.05, 4.69) is 26.1 Å². The fraction of sp³-hybridized carbons (Fsp3) is 0.0417. The van der Waals surface area contributed by atoms with E-state index in [-0.39, 0.29) is 11.6 Å². The molecule has 0 saturated heterocycles. The van der Waals surface area contributed by atoms with Gasteiger partial charge < -0.3 is 10.1 Å². The van der Waals surface area contributed by atoms with Crippen LogP contribution in [0.2, 0.25) is 0 Å². The molecule has 4 aromatic rings. The number of nitrogens with one attached hydrogen (secondary N) is 3. The van der Waals surface area contributed by atoms with Crippen molar-refractivity contribution in [1.29, 1.82) is 0 Å². The van der Waals surface area contributed by atoms with Crippen molar-refractivity contribution < 1.29 is 14.5 Å². The van der Waals surface area contributed by atoms with Crippen LogP contribution in [0.3, 0.4) is 0 Å². The molecule has 3 N–H and O–H groups in total. The minimum Gasteiger partial charge on any atom is -0.457 e. The molecular formula is C24H20N6O4. The molecule has 1 heterocycles. The van der Waals surface area contributed by atoms with Crippen molar-refractivity contribution in [2.24, 2.45) is 0 Å². The second-order valence-corrected chi connectivity index (χ2v) is 7.19. The van der Waals surface area contributed by atoms with Crippen molar-refractivity contribution in [2.45, 2.75) is 6.92 Å². The topological polar surface area (TPSA) is 131 Å². The first-order chi connectivity index (χ1) is 16.5. The number of para-hydroxylation sites is 1. The molecule has 1 amide bonds. The van der Waals surface area contributed by atoms with E-state index in [1.54, 1.807) is 48.5 Å². The second-order valence-electron chi connectivity index (χ2n) is 7.19. The van der Waals surface area contributed by atoms with Gasteiger partial charge in [-0.15, -0.1) is 0 Å². The Balaban J connectivity index is 1.48. The first kappa shape index (κ1) is 22.2. The monoisotopic (exact) mass is 456 g/mol. The highest BCUT2D eigenvalue weighted by molar-refractivity contribution is 5.95. The van der Waals surface area contributed by atoms with Crippen LogP contribution >= 0.6 is 0 Å². The van der Waals surface area contributed by atoms with Gasteiger partial charge >= 0.3 is 5.69 Å². The number of rotatable bonds is 8. The standard InChI is InChI=1S/C24H20N6O4/c1-16-7-9-17(10-8-16)24(31)29-28-23-21(30(32)33)22(25-15-26-23)27-18-11-13-20(14-12-18)34-19-5-3-2-4-6-19/h2-15H,1H3,(H,29,31)(H2,25,26,27,28). The third-order valence-electron chi connectivity index (χ3n) is 4.71. The summed E-state index contributed by atoms with van der Waals surface area (Å²) in [7, 11) is 0. The summed E-state index contributed by atoms with van der Waals surface area (Å²) >= 11 is 0. The first-order valence-corrected chi connectivity index (χ1v) is 10.2. The Labute approximate surface area is 194 Å². The summed E-state index contributed by atoms with van der Waals surface area (Å²) in [6.07, 6.45) is 1.16. The highest BCUT2D eigenvalue weighted by atomic mass is 16.6.